The Hall–Kier alpha value is -1.79. The third-order valence-corrected chi connectivity index (χ3v) is 3.38. The van der Waals surface area contributed by atoms with Gasteiger partial charge in [0.25, 0.3) is 0 Å². The van der Waals surface area contributed by atoms with E-state index in [0.717, 1.165) is 11.4 Å². The lowest BCUT2D eigenvalue weighted by Gasteiger charge is -2.08. The summed E-state index contributed by atoms with van der Waals surface area (Å²) >= 11 is 1.53. The molecule has 0 amide bonds. The van der Waals surface area contributed by atoms with Crippen molar-refractivity contribution in [3.8, 4) is 6.07 Å². The molecule has 2 rings (SSSR count). The van der Waals surface area contributed by atoms with Gasteiger partial charge >= 0.3 is 0 Å². The second kappa shape index (κ2) is 5.03. The monoisotopic (exact) mass is 242 g/mol. The Morgan fingerprint density at radius 1 is 1.18 bits per heavy atom. The summed E-state index contributed by atoms with van der Waals surface area (Å²) in [6, 6.07) is 10.5. The molecule has 1 N–H and O–H groups in total. The number of thiophene rings is 1. The quantitative estimate of drug-likeness (QED) is 0.861. The second-order valence-electron chi connectivity index (χ2n) is 4.21. The van der Waals surface area contributed by atoms with Crippen LogP contribution in [0.3, 0.4) is 0 Å². The van der Waals surface area contributed by atoms with E-state index in [2.05, 4.69) is 37.4 Å². The predicted molar refractivity (Wildman–Crippen MR) is 72.8 cm³/mol. The summed E-state index contributed by atoms with van der Waals surface area (Å²) in [7, 11) is 0. The van der Waals surface area contributed by atoms with E-state index in [0.29, 0.717) is 11.5 Å². The van der Waals surface area contributed by atoms with Crippen LogP contribution in [0.5, 0.6) is 0 Å². The number of hydrogen-bond acceptors (Lipinski definition) is 3. The van der Waals surface area contributed by atoms with E-state index in [1.54, 1.807) is 0 Å². The van der Waals surface area contributed by atoms with Gasteiger partial charge in [0, 0.05) is 16.4 Å². The van der Waals surface area contributed by atoms with E-state index in [4.69, 9.17) is 5.26 Å². The van der Waals surface area contributed by atoms with E-state index in [1.807, 2.05) is 22.9 Å². The van der Waals surface area contributed by atoms with Crippen molar-refractivity contribution < 1.29 is 0 Å². The summed E-state index contributed by atoms with van der Waals surface area (Å²) in [6.45, 7) is 4.35. The van der Waals surface area contributed by atoms with Crippen LogP contribution in [-0.2, 0) is 0 Å². The Morgan fingerprint density at radius 2 is 1.88 bits per heavy atom. The van der Waals surface area contributed by atoms with Crippen molar-refractivity contribution in [2.75, 3.05) is 5.32 Å². The molecule has 0 radical (unpaired) electrons. The number of nitrogens with one attached hydrogen (secondary N) is 1. The SMILES string of the molecule is CC(C)c1ccc(Nc2cscc2C#N)cc1. The summed E-state index contributed by atoms with van der Waals surface area (Å²) in [5.74, 6) is 0.542. The summed E-state index contributed by atoms with van der Waals surface area (Å²) in [6.07, 6.45) is 0. The zero-order valence-corrected chi connectivity index (χ0v) is 10.7. The van der Waals surface area contributed by atoms with Crippen LogP contribution in [0, 0.1) is 11.3 Å². The first-order valence-electron chi connectivity index (χ1n) is 5.54. The second-order valence-corrected chi connectivity index (χ2v) is 4.96. The van der Waals surface area contributed by atoms with Crippen LogP contribution in [-0.4, -0.2) is 0 Å². The minimum absolute atomic E-state index is 0.542. The first kappa shape index (κ1) is 11.7. The van der Waals surface area contributed by atoms with Gasteiger partial charge in [-0.05, 0) is 23.6 Å². The largest absolute Gasteiger partial charge is 0.354 e. The molecule has 86 valence electrons. The highest BCUT2D eigenvalue weighted by Crippen LogP contribution is 2.25. The lowest BCUT2D eigenvalue weighted by molar-refractivity contribution is 0.867. The molecule has 0 aliphatic carbocycles. The summed E-state index contributed by atoms with van der Waals surface area (Å²) < 4.78 is 0. The highest BCUT2D eigenvalue weighted by Gasteiger charge is 2.03. The molecule has 1 heterocycles. The van der Waals surface area contributed by atoms with Crippen LogP contribution in [0.4, 0.5) is 11.4 Å². The lowest BCUT2D eigenvalue weighted by atomic mass is 10.0. The summed E-state index contributed by atoms with van der Waals surface area (Å²) in [5.41, 5.74) is 3.92. The molecule has 0 atom stereocenters. The minimum Gasteiger partial charge on any atom is -0.354 e. The molecular weight excluding hydrogens is 228 g/mol. The molecule has 2 aromatic rings. The highest BCUT2D eigenvalue weighted by atomic mass is 32.1. The smallest absolute Gasteiger partial charge is 0.102 e. The molecule has 2 nitrogen and oxygen atoms in total. The molecular formula is C14H14N2S. The van der Waals surface area contributed by atoms with Crippen LogP contribution in [0.2, 0.25) is 0 Å². The zero-order chi connectivity index (χ0) is 12.3. The topological polar surface area (TPSA) is 35.8 Å². The third-order valence-electron chi connectivity index (χ3n) is 2.64. The van der Waals surface area contributed by atoms with Gasteiger partial charge in [-0.25, -0.2) is 0 Å². The lowest BCUT2D eigenvalue weighted by Crippen LogP contribution is -1.92. The van der Waals surface area contributed by atoms with Gasteiger partial charge in [0.15, 0.2) is 0 Å². The van der Waals surface area contributed by atoms with Crippen molar-refractivity contribution in [1.82, 2.24) is 0 Å². The van der Waals surface area contributed by atoms with Gasteiger partial charge in [0.1, 0.15) is 6.07 Å². The van der Waals surface area contributed by atoms with Crippen molar-refractivity contribution in [1.29, 1.82) is 5.26 Å². The molecule has 0 saturated heterocycles. The van der Waals surface area contributed by atoms with Crippen molar-refractivity contribution in [3.05, 3.63) is 46.2 Å². The van der Waals surface area contributed by atoms with Crippen molar-refractivity contribution in [2.45, 2.75) is 19.8 Å². The van der Waals surface area contributed by atoms with Gasteiger partial charge in [-0.15, -0.1) is 11.3 Å². The number of anilines is 2. The molecule has 0 unspecified atom stereocenters. The van der Waals surface area contributed by atoms with Crippen LogP contribution in [0.1, 0.15) is 30.9 Å². The Balaban J connectivity index is 2.17. The van der Waals surface area contributed by atoms with E-state index in [-0.39, 0.29) is 0 Å². The molecule has 3 heteroatoms. The fourth-order valence-corrected chi connectivity index (χ4v) is 2.29. The molecule has 0 fully saturated rings. The maximum Gasteiger partial charge on any atom is 0.102 e. The van der Waals surface area contributed by atoms with Crippen LogP contribution >= 0.6 is 11.3 Å². The molecule has 0 aliphatic rings. The maximum atomic E-state index is 8.92. The molecule has 17 heavy (non-hydrogen) atoms. The van der Waals surface area contributed by atoms with Gasteiger partial charge in [0.2, 0.25) is 0 Å². The molecule has 0 aliphatic heterocycles. The number of nitrogens with zero attached hydrogens (tertiary/aromatic N) is 1. The van der Waals surface area contributed by atoms with Crippen molar-refractivity contribution in [2.24, 2.45) is 0 Å². The number of hydrogen-bond donors (Lipinski definition) is 1. The van der Waals surface area contributed by atoms with Gasteiger partial charge in [-0.3, -0.25) is 0 Å². The maximum absolute atomic E-state index is 8.92. The predicted octanol–water partition coefficient (Wildman–Crippen LogP) is 4.49. The Kier molecular flexibility index (Phi) is 3.46. The zero-order valence-electron chi connectivity index (χ0n) is 9.90. The first-order chi connectivity index (χ1) is 8.20. The minimum atomic E-state index is 0.542. The third kappa shape index (κ3) is 2.66. The van der Waals surface area contributed by atoms with Crippen molar-refractivity contribution in [3.63, 3.8) is 0 Å². The average Bonchev–Trinajstić information content (AvgIpc) is 2.77. The Labute approximate surface area is 106 Å². The van der Waals surface area contributed by atoms with E-state index in [9.17, 15) is 0 Å². The first-order valence-corrected chi connectivity index (χ1v) is 6.48. The molecule has 1 aromatic carbocycles. The number of nitriles is 1. The fraction of sp³-hybridized carbons (Fsp3) is 0.214. The van der Waals surface area contributed by atoms with Crippen LogP contribution in [0.25, 0.3) is 0 Å². The average molecular weight is 242 g/mol. The van der Waals surface area contributed by atoms with Gasteiger partial charge in [-0.1, -0.05) is 26.0 Å². The van der Waals surface area contributed by atoms with E-state index >= 15 is 0 Å². The molecule has 0 spiro atoms. The normalized spacial score (nSPS) is 10.2. The molecule has 0 saturated carbocycles. The summed E-state index contributed by atoms with van der Waals surface area (Å²) in [5, 5.41) is 16.0. The van der Waals surface area contributed by atoms with Gasteiger partial charge in [-0.2, -0.15) is 5.26 Å². The van der Waals surface area contributed by atoms with Gasteiger partial charge < -0.3 is 5.32 Å². The Bertz CT molecular complexity index is 532. The van der Waals surface area contributed by atoms with Crippen LogP contribution in [0.15, 0.2) is 35.0 Å². The van der Waals surface area contributed by atoms with Gasteiger partial charge in [0.05, 0.1) is 11.3 Å². The van der Waals surface area contributed by atoms with Crippen molar-refractivity contribution >= 4 is 22.7 Å². The van der Waals surface area contributed by atoms with Crippen LogP contribution < -0.4 is 5.32 Å². The Morgan fingerprint density at radius 3 is 2.47 bits per heavy atom. The van der Waals surface area contributed by atoms with E-state index in [1.165, 1.54) is 16.9 Å². The summed E-state index contributed by atoms with van der Waals surface area (Å²) in [4.78, 5) is 0. The molecule has 1 aromatic heterocycles. The standard InChI is InChI=1S/C14H14N2S/c1-10(2)11-3-5-13(6-4-11)16-14-9-17-8-12(14)7-15/h3-6,8-10,16H,1-2H3. The highest BCUT2D eigenvalue weighted by molar-refractivity contribution is 7.08. The molecule has 0 bridgehead atoms. The fourth-order valence-electron chi connectivity index (χ4n) is 1.59. The van der Waals surface area contributed by atoms with E-state index < -0.39 is 0 Å². The number of rotatable bonds is 3. The number of benzene rings is 1.